The zero-order chi connectivity index (χ0) is 26.6. The quantitative estimate of drug-likeness (QED) is 0.240. The highest BCUT2D eigenvalue weighted by Gasteiger charge is 2.32. The van der Waals surface area contributed by atoms with E-state index in [1.54, 1.807) is 12.1 Å². The van der Waals surface area contributed by atoms with Crippen LogP contribution >= 0.6 is 23.2 Å². The van der Waals surface area contributed by atoms with Crippen molar-refractivity contribution in [2.75, 3.05) is 20.2 Å². The van der Waals surface area contributed by atoms with E-state index >= 15 is 0 Å². The summed E-state index contributed by atoms with van der Waals surface area (Å²) in [7, 11) is 2.15. The van der Waals surface area contributed by atoms with Gasteiger partial charge in [0.1, 0.15) is 5.75 Å². The van der Waals surface area contributed by atoms with Crippen LogP contribution in [-0.4, -0.2) is 42.0 Å². The average Bonchev–Trinajstić information content (AvgIpc) is 2.87. The largest absolute Gasteiger partial charge is 0.494 e. The SMILES string of the molecule is CCOc1ccc(-c2cc(C(=O)NC3CC(CN(C)Cc4ccccc4)C3)c3c(Cl)cc(Cl)cc3n2)cc1. The van der Waals surface area contributed by atoms with Gasteiger partial charge in [-0.2, -0.15) is 0 Å². The molecule has 4 aromatic rings. The van der Waals surface area contributed by atoms with Crippen molar-refractivity contribution in [1.29, 1.82) is 0 Å². The van der Waals surface area contributed by atoms with Gasteiger partial charge in [-0.05, 0) is 80.8 Å². The maximum atomic E-state index is 13.5. The third-order valence-corrected chi connectivity index (χ3v) is 7.48. The molecule has 0 atom stereocenters. The molecule has 0 unspecified atom stereocenters. The number of hydrogen-bond acceptors (Lipinski definition) is 4. The molecule has 1 saturated carbocycles. The van der Waals surface area contributed by atoms with Crippen molar-refractivity contribution in [3.63, 3.8) is 0 Å². The number of carbonyl (C=O) groups is 1. The first-order chi connectivity index (χ1) is 18.4. The van der Waals surface area contributed by atoms with E-state index in [4.69, 9.17) is 32.9 Å². The molecule has 0 spiro atoms. The molecule has 1 aromatic heterocycles. The Morgan fingerprint density at radius 1 is 1.05 bits per heavy atom. The van der Waals surface area contributed by atoms with Crippen LogP contribution in [0.3, 0.4) is 0 Å². The summed E-state index contributed by atoms with van der Waals surface area (Å²) < 4.78 is 5.56. The second kappa shape index (κ2) is 11.7. The summed E-state index contributed by atoms with van der Waals surface area (Å²) in [6.45, 7) is 4.48. The van der Waals surface area contributed by atoms with E-state index in [0.717, 1.165) is 37.2 Å². The molecule has 1 amide bonds. The lowest BCUT2D eigenvalue weighted by molar-refractivity contribution is 0.0868. The molecular formula is C31H31Cl2N3O2. The van der Waals surface area contributed by atoms with Gasteiger partial charge in [-0.3, -0.25) is 4.79 Å². The lowest BCUT2D eigenvalue weighted by Gasteiger charge is -2.38. The van der Waals surface area contributed by atoms with Crippen molar-refractivity contribution in [2.24, 2.45) is 5.92 Å². The predicted molar refractivity (Wildman–Crippen MR) is 155 cm³/mol. The van der Waals surface area contributed by atoms with Crippen LogP contribution in [0.25, 0.3) is 22.2 Å². The van der Waals surface area contributed by atoms with E-state index in [1.807, 2.05) is 43.3 Å². The highest BCUT2D eigenvalue weighted by molar-refractivity contribution is 6.39. The summed E-state index contributed by atoms with van der Waals surface area (Å²) in [5.74, 6) is 1.20. The van der Waals surface area contributed by atoms with Gasteiger partial charge in [-0.15, -0.1) is 0 Å². The number of nitrogens with zero attached hydrogens (tertiary/aromatic N) is 2. The minimum absolute atomic E-state index is 0.140. The number of amides is 1. The van der Waals surface area contributed by atoms with Crippen molar-refractivity contribution < 1.29 is 9.53 Å². The first kappa shape index (κ1) is 26.5. The zero-order valence-electron chi connectivity index (χ0n) is 21.6. The van der Waals surface area contributed by atoms with E-state index in [-0.39, 0.29) is 11.9 Å². The normalized spacial score (nSPS) is 16.9. The molecule has 1 fully saturated rings. The first-order valence-electron chi connectivity index (χ1n) is 13.0. The topological polar surface area (TPSA) is 54.5 Å². The Morgan fingerprint density at radius 2 is 1.79 bits per heavy atom. The number of benzene rings is 3. The van der Waals surface area contributed by atoms with E-state index < -0.39 is 0 Å². The van der Waals surface area contributed by atoms with Gasteiger partial charge in [0.25, 0.3) is 5.91 Å². The van der Waals surface area contributed by atoms with Gasteiger partial charge in [-0.1, -0.05) is 53.5 Å². The number of carbonyl (C=O) groups excluding carboxylic acids is 1. The van der Waals surface area contributed by atoms with Gasteiger partial charge >= 0.3 is 0 Å². The van der Waals surface area contributed by atoms with Crippen LogP contribution in [0, 0.1) is 5.92 Å². The van der Waals surface area contributed by atoms with Crippen molar-refractivity contribution in [1.82, 2.24) is 15.2 Å². The van der Waals surface area contributed by atoms with E-state index in [9.17, 15) is 4.79 Å². The maximum absolute atomic E-state index is 13.5. The van der Waals surface area contributed by atoms with E-state index in [0.29, 0.717) is 44.7 Å². The maximum Gasteiger partial charge on any atom is 0.252 e. The van der Waals surface area contributed by atoms with Gasteiger partial charge in [0.15, 0.2) is 0 Å². The third-order valence-electron chi connectivity index (χ3n) is 6.97. The second-order valence-electron chi connectivity index (χ2n) is 9.98. The molecular weight excluding hydrogens is 517 g/mol. The number of fused-ring (bicyclic) bond motifs is 1. The Hall–Kier alpha value is -3.12. The molecule has 5 nitrogen and oxygen atoms in total. The summed E-state index contributed by atoms with van der Waals surface area (Å²) in [6, 6.07) is 23.5. The van der Waals surface area contributed by atoms with E-state index in [1.165, 1.54) is 5.56 Å². The number of nitrogens with one attached hydrogen (secondary N) is 1. The van der Waals surface area contributed by atoms with Crippen molar-refractivity contribution in [2.45, 2.75) is 32.4 Å². The summed E-state index contributed by atoms with van der Waals surface area (Å²) in [5.41, 5.74) is 3.96. The number of ether oxygens (including phenoxy) is 1. The number of pyridine rings is 1. The van der Waals surface area contributed by atoms with Crippen molar-refractivity contribution >= 4 is 40.0 Å². The Balaban J connectivity index is 1.30. The molecule has 0 saturated heterocycles. The fraction of sp³-hybridized carbons (Fsp3) is 0.290. The average molecular weight is 549 g/mol. The van der Waals surface area contributed by atoms with Crippen LogP contribution in [-0.2, 0) is 6.54 Å². The number of hydrogen-bond donors (Lipinski definition) is 1. The van der Waals surface area contributed by atoms with Crippen LogP contribution in [0.2, 0.25) is 10.0 Å². The van der Waals surface area contributed by atoms with Gasteiger partial charge in [0.2, 0.25) is 0 Å². The summed E-state index contributed by atoms with van der Waals surface area (Å²) in [4.78, 5) is 20.7. The summed E-state index contributed by atoms with van der Waals surface area (Å²) in [6.07, 6.45) is 1.92. The zero-order valence-corrected chi connectivity index (χ0v) is 23.1. The molecule has 5 rings (SSSR count). The molecule has 0 bridgehead atoms. The Labute approximate surface area is 233 Å². The Morgan fingerprint density at radius 3 is 2.50 bits per heavy atom. The van der Waals surface area contributed by atoms with E-state index in [2.05, 4.69) is 41.5 Å². The molecule has 1 N–H and O–H groups in total. The monoisotopic (exact) mass is 547 g/mol. The Kier molecular flexibility index (Phi) is 8.18. The highest BCUT2D eigenvalue weighted by Crippen LogP contribution is 2.34. The highest BCUT2D eigenvalue weighted by atomic mass is 35.5. The molecule has 0 radical (unpaired) electrons. The van der Waals surface area contributed by atoms with Crippen LogP contribution in [0.15, 0.2) is 72.8 Å². The lowest BCUT2D eigenvalue weighted by atomic mass is 9.79. The minimum Gasteiger partial charge on any atom is -0.494 e. The van der Waals surface area contributed by atoms with Gasteiger partial charge in [-0.25, -0.2) is 4.98 Å². The fourth-order valence-electron chi connectivity index (χ4n) is 5.17. The number of aromatic nitrogens is 1. The molecule has 1 aliphatic rings. The summed E-state index contributed by atoms with van der Waals surface area (Å²) in [5, 5.41) is 4.73. The number of rotatable bonds is 9. The second-order valence-corrected chi connectivity index (χ2v) is 10.8. The Bertz CT molecular complexity index is 1420. The molecule has 0 aliphatic heterocycles. The molecule has 196 valence electrons. The molecule has 1 aliphatic carbocycles. The first-order valence-corrected chi connectivity index (χ1v) is 13.7. The fourth-order valence-corrected chi connectivity index (χ4v) is 5.75. The standard InChI is InChI=1S/C31H31Cl2N3O2/c1-3-38-25-11-9-22(10-12-25)28-17-26(30-27(33)15-23(32)16-29(30)35-28)31(37)34-24-13-21(14-24)19-36(2)18-20-7-5-4-6-8-20/h4-12,15-17,21,24H,3,13-14,18-19H2,1-2H3,(H,34,37). The predicted octanol–water partition coefficient (Wildman–Crippen LogP) is 7.25. The van der Waals surface area contributed by atoms with Crippen LogP contribution in [0.1, 0.15) is 35.7 Å². The molecule has 7 heteroatoms. The number of halogens is 2. The lowest BCUT2D eigenvalue weighted by Crippen LogP contribution is -2.47. The molecule has 1 heterocycles. The molecule has 3 aromatic carbocycles. The van der Waals surface area contributed by atoms with Crippen molar-refractivity contribution in [3.8, 4) is 17.0 Å². The van der Waals surface area contributed by atoms with Gasteiger partial charge < -0.3 is 15.0 Å². The van der Waals surface area contributed by atoms with Gasteiger partial charge in [0, 0.05) is 35.1 Å². The van der Waals surface area contributed by atoms with Crippen LogP contribution < -0.4 is 10.1 Å². The third kappa shape index (κ3) is 6.12. The molecule has 38 heavy (non-hydrogen) atoms. The van der Waals surface area contributed by atoms with Crippen LogP contribution in [0.5, 0.6) is 5.75 Å². The van der Waals surface area contributed by atoms with Gasteiger partial charge in [0.05, 0.1) is 28.4 Å². The minimum atomic E-state index is -0.144. The van der Waals surface area contributed by atoms with Crippen LogP contribution in [0.4, 0.5) is 0 Å². The summed E-state index contributed by atoms with van der Waals surface area (Å²) >= 11 is 12.9. The van der Waals surface area contributed by atoms with Crippen molar-refractivity contribution in [3.05, 3.63) is 94.0 Å². The smallest absolute Gasteiger partial charge is 0.252 e.